The molecule has 2 atom stereocenters. The van der Waals surface area contributed by atoms with E-state index in [1.807, 2.05) is 6.07 Å². The quantitative estimate of drug-likeness (QED) is 0.579. The average Bonchev–Trinajstić information content (AvgIpc) is 3.01. The van der Waals surface area contributed by atoms with Crippen LogP contribution in [-0.2, 0) is 16.0 Å². The minimum Gasteiger partial charge on any atom is -0.437 e. The highest BCUT2D eigenvalue weighted by Gasteiger charge is 2.56. The van der Waals surface area contributed by atoms with Gasteiger partial charge >= 0.3 is 12.1 Å². The predicted octanol–water partition coefficient (Wildman–Crippen LogP) is -0.219. The minimum atomic E-state index is -5.16. The molecule has 0 bridgehead atoms. The Kier molecular flexibility index (Phi) is 3.98. The van der Waals surface area contributed by atoms with Gasteiger partial charge in [0.25, 0.3) is 5.91 Å². The first-order chi connectivity index (χ1) is 13.6. The molecule has 4 N–H and O–H groups in total. The van der Waals surface area contributed by atoms with Crippen LogP contribution in [0.15, 0.2) is 18.3 Å². The molecular formula is C16H12F3N7O3. The number of nitrogen functional groups attached to an aromatic ring is 1. The Morgan fingerprint density at radius 3 is 2.76 bits per heavy atom. The summed E-state index contributed by atoms with van der Waals surface area (Å²) >= 11 is 0. The molecule has 4 heterocycles. The Morgan fingerprint density at radius 1 is 1.45 bits per heavy atom. The predicted molar refractivity (Wildman–Crippen MR) is 88.3 cm³/mol. The number of nitriles is 1. The lowest BCUT2D eigenvalue weighted by molar-refractivity contribution is -0.216. The summed E-state index contributed by atoms with van der Waals surface area (Å²) in [6.45, 7) is 0.0792. The molecular weight excluding hydrogens is 395 g/mol. The van der Waals surface area contributed by atoms with Gasteiger partial charge in [0.2, 0.25) is 0 Å². The lowest BCUT2D eigenvalue weighted by Gasteiger charge is -2.50. The number of hydrogen-bond donors (Lipinski definition) is 3. The molecule has 2 aromatic heterocycles. The summed E-state index contributed by atoms with van der Waals surface area (Å²) in [5, 5.41) is 18.2. The number of rotatable bonds is 2. The number of pyridine rings is 1. The molecule has 1 saturated heterocycles. The number of nitrogens with two attached hydrogens (primary N) is 1. The van der Waals surface area contributed by atoms with Crippen LogP contribution in [0.4, 0.5) is 19.0 Å². The second-order valence-corrected chi connectivity index (χ2v) is 6.59. The largest absolute Gasteiger partial charge is 0.490 e. The fourth-order valence-electron chi connectivity index (χ4n) is 3.26. The first-order valence-electron chi connectivity index (χ1n) is 8.22. The zero-order chi connectivity index (χ0) is 21.0. The third-order valence-corrected chi connectivity index (χ3v) is 4.72. The average molecular weight is 407 g/mol. The molecule has 0 aromatic carbocycles. The zero-order valence-corrected chi connectivity index (χ0v) is 14.4. The van der Waals surface area contributed by atoms with Gasteiger partial charge in [0.15, 0.2) is 12.0 Å². The third kappa shape index (κ3) is 2.93. The molecule has 150 valence electrons. The number of halogens is 3. The summed E-state index contributed by atoms with van der Waals surface area (Å²) in [6.07, 6.45) is -5.23. The van der Waals surface area contributed by atoms with Crippen molar-refractivity contribution in [2.24, 2.45) is 0 Å². The summed E-state index contributed by atoms with van der Waals surface area (Å²) in [7, 11) is 0. The minimum absolute atomic E-state index is 0.00957. The van der Waals surface area contributed by atoms with Crippen LogP contribution in [0, 0.1) is 11.3 Å². The number of hydrogen-bond acceptors (Lipinski definition) is 8. The molecule has 29 heavy (non-hydrogen) atoms. The van der Waals surface area contributed by atoms with Gasteiger partial charge in [0.05, 0.1) is 11.3 Å². The number of anilines is 1. The van der Waals surface area contributed by atoms with E-state index < -0.39 is 29.8 Å². The molecule has 1 spiro atoms. The Hall–Kier alpha value is -3.66. The van der Waals surface area contributed by atoms with Crippen molar-refractivity contribution in [3.63, 3.8) is 0 Å². The Bertz CT molecular complexity index is 1060. The van der Waals surface area contributed by atoms with Gasteiger partial charge in [-0.05, 0) is 12.1 Å². The first-order valence-corrected chi connectivity index (χ1v) is 8.22. The number of nitrogens with zero attached hydrogens (tertiary/aromatic N) is 4. The monoisotopic (exact) mass is 407 g/mol. The highest BCUT2D eigenvalue weighted by Crippen LogP contribution is 2.34. The van der Waals surface area contributed by atoms with Crippen LogP contribution in [0.3, 0.4) is 0 Å². The maximum absolute atomic E-state index is 12.6. The summed E-state index contributed by atoms with van der Waals surface area (Å²) in [5.41, 5.74) is 5.36. The molecule has 0 aliphatic carbocycles. The number of ether oxygens (including phenoxy) is 1. The molecule has 13 heteroatoms. The van der Waals surface area contributed by atoms with Gasteiger partial charge in [-0.3, -0.25) is 10.1 Å². The van der Waals surface area contributed by atoms with Crippen molar-refractivity contribution in [1.29, 1.82) is 5.26 Å². The lowest BCUT2D eigenvalue weighted by atomic mass is 9.80. The summed E-state index contributed by atoms with van der Waals surface area (Å²) in [6, 6.07) is 4.90. The van der Waals surface area contributed by atoms with Crippen LogP contribution in [0.2, 0.25) is 0 Å². The van der Waals surface area contributed by atoms with Crippen LogP contribution in [-0.4, -0.2) is 51.1 Å². The van der Waals surface area contributed by atoms with E-state index >= 15 is 0 Å². The Morgan fingerprint density at radius 2 is 2.21 bits per heavy atom. The van der Waals surface area contributed by atoms with Gasteiger partial charge in [0, 0.05) is 19.2 Å². The van der Waals surface area contributed by atoms with Gasteiger partial charge in [-0.1, -0.05) is 0 Å². The van der Waals surface area contributed by atoms with Gasteiger partial charge < -0.3 is 15.8 Å². The highest BCUT2D eigenvalue weighted by atomic mass is 19.4. The second-order valence-electron chi connectivity index (χ2n) is 6.59. The van der Waals surface area contributed by atoms with Crippen LogP contribution in [0.25, 0.3) is 5.82 Å². The normalized spacial score (nSPS) is 23.0. The molecule has 2 unspecified atom stereocenters. The number of esters is 1. The van der Waals surface area contributed by atoms with Crippen LogP contribution in [0.1, 0.15) is 21.6 Å². The molecule has 2 aliphatic heterocycles. The van der Waals surface area contributed by atoms with E-state index in [9.17, 15) is 22.8 Å². The molecule has 2 aromatic rings. The number of amides is 1. The zero-order valence-electron chi connectivity index (χ0n) is 14.4. The summed E-state index contributed by atoms with van der Waals surface area (Å²) < 4.78 is 43.1. The summed E-state index contributed by atoms with van der Waals surface area (Å²) in [5.74, 6) is -2.77. The molecule has 0 radical (unpaired) electrons. The standard InChI is InChI=1S/C16H12F3N7O3/c17-16(18,19)14(28)29-13-15(6-23-13)3-8-10(12(27)24-15)11(21)26(25-8)9-2-1-7(4-20)5-22-9/h1-2,5,13,23H,3,6,21H2,(H,24,27). The van der Waals surface area contributed by atoms with Crippen molar-refractivity contribution in [1.82, 2.24) is 25.4 Å². The third-order valence-electron chi connectivity index (χ3n) is 4.72. The van der Waals surface area contributed by atoms with E-state index in [0.717, 1.165) is 0 Å². The molecule has 4 rings (SSSR count). The number of aromatic nitrogens is 3. The van der Waals surface area contributed by atoms with Crippen molar-refractivity contribution in [3.8, 4) is 11.9 Å². The van der Waals surface area contributed by atoms with E-state index in [4.69, 9.17) is 11.0 Å². The smallest absolute Gasteiger partial charge is 0.437 e. The molecule has 1 amide bonds. The van der Waals surface area contributed by atoms with Crippen LogP contribution < -0.4 is 16.4 Å². The van der Waals surface area contributed by atoms with Crippen molar-refractivity contribution < 1.29 is 27.5 Å². The SMILES string of the molecule is N#Cc1ccc(-n2nc3c(c2N)C(=O)NC2(CNC2OC(=O)C(F)(F)F)C3)nc1. The van der Waals surface area contributed by atoms with Crippen molar-refractivity contribution in [2.75, 3.05) is 12.3 Å². The number of carbonyl (C=O) groups is 2. The number of fused-ring (bicyclic) bond motifs is 1. The Labute approximate surface area is 160 Å². The maximum Gasteiger partial charge on any atom is 0.490 e. The molecule has 10 nitrogen and oxygen atoms in total. The van der Waals surface area contributed by atoms with Crippen molar-refractivity contribution in [2.45, 2.75) is 24.4 Å². The number of carbonyl (C=O) groups excluding carboxylic acids is 2. The Balaban J connectivity index is 1.64. The van der Waals surface area contributed by atoms with E-state index in [2.05, 4.69) is 25.5 Å². The van der Waals surface area contributed by atoms with E-state index in [0.29, 0.717) is 5.56 Å². The van der Waals surface area contributed by atoms with Gasteiger partial charge in [0.1, 0.15) is 23.0 Å². The highest BCUT2D eigenvalue weighted by molar-refractivity contribution is 6.01. The maximum atomic E-state index is 12.6. The van der Waals surface area contributed by atoms with E-state index in [1.54, 1.807) is 0 Å². The van der Waals surface area contributed by atoms with Crippen LogP contribution >= 0.6 is 0 Å². The van der Waals surface area contributed by atoms with E-state index in [-0.39, 0.29) is 35.9 Å². The second kappa shape index (κ2) is 6.17. The van der Waals surface area contributed by atoms with Crippen molar-refractivity contribution >= 4 is 17.7 Å². The lowest BCUT2D eigenvalue weighted by Crippen LogP contribution is -2.79. The van der Waals surface area contributed by atoms with Crippen molar-refractivity contribution in [3.05, 3.63) is 35.2 Å². The number of alkyl halides is 3. The first kappa shape index (κ1) is 18.7. The molecule has 1 fully saturated rings. The van der Waals surface area contributed by atoms with Gasteiger partial charge in [-0.15, -0.1) is 0 Å². The van der Waals surface area contributed by atoms with Gasteiger partial charge in [-0.2, -0.15) is 28.2 Å². The number of nitrogens with one attached hydrogen (secondary N) is 2. The fourth-order valence-corrected chi connectivity index (χ4v) is 3.26. The van der Waals surface area contributed by atoms with E-state index in [1.165, 1.54) is 23.0 Å². The topological polar surface area (TPSA) is 148 Å². The fraction of sp³-hybridized carbons (Fsp3) is 0.312. The van der Waals surface area contributed by atoms with Gasteiger partial charge in [-0.25, -0.2) is 9.78 Å². The molecule has 0 saturated carbocycles. The van der Waals surface area contributed by atoms with Crippen LogP contribution in [0.5, 0.6) is 0 Å². The molecule has 2 aliphatic rings. The summed E-state index contributed by atoms with van der Waals surface area (Å²) in [4.78, 5) is 27.8.